The number of hydrogen-bond donors (Lipinski definition) is 0. The lowest BCUT2D eigenvalue weighted by molar-refractivity contribution is -0.137. The van der Waals surface area contributed by atoms with Crippen molar-refractivity contribution in [2.45, 2.75) is 13.1 Å². The van der Waals surface area contributed by atoms with Gasteiger partial charge in [-0.05, 0) is 123 Å². The summed E-state index contributed by atoms with van der Waals surface area (Å²) in [4.78, 5) is 8.24. The number of rotatable bonds is 7. The van der Waals surface area contributed by atoms with Crippen molar-refractivity contribution in [2.75, 3.05) is 0 Å². The van der Waals surface area contributed by atoms with Gasteiger partial charge in [0.25, 0.3) is 0 Å². The molecule has 0 amide bonds. The van der Waals surface area contributed by atoms with E-state index in [0.29, 0.717) is 89.1 Å². The number of aryl methyl sites for hydroxylation is 1. The SMILES string of the molecule is [C-]#[N+]c1ccccc1-c1ccc2c3ccc(-c4ccccc4C#N)cc3n(-c3ccc(-c4c(C)cccc4C(F)(F)F)c(-n4c5cc(-c6ccccc6C#N)ccc5c5ccc(-c6ccccc6C#N)cc54)c3[N+]#[C-])c2c1. The van der Waals surface area contributed by atoms with E-state index < -0.39 is 11.7 Å². The molecule has 77 heavy (non-hydrogen) atoms. The van der Waals surface area contributed by atoms with Gasteiger partial charge in [-0.3, -0.25) is 0 Å². The first kappa shape index (κ1) is 47.1. The van der Waals surface area contributed by atoms with Gasteiger partial charge < -0.3 is 9.13 Å². The monoisotopic (exact) mass is 995 g/mol. The molecule has 2 heterocycles. The Morgan fingerprint density at radius 3 is 1.27 bits per heavy atom. The summed E-state index contributed by atoms with van der Waals surface area (Å²) in [6, 6.07) is 66.8. The molecule has 0 saturated heterocycles. The summed E-state index contributed by atoms with van der Waals surface area (Å²) in [5.41, 5.74) is 9.68. The van der Waals surface area contributed by atoms with Crippen molar-refractivity contribution in [1.29, 1.82) is 15.8 Å². The Morgan fingerprint density at radius 1 is 0.429 bits per heavy atom. The third-order valence-electron chi connectivity index (χ3n) is 14.5. The van der Waals surface area contributed by atoms with E-state index in [1.54, 1.807) is 67.6 Å². The van der Waals surface area contributed by atoms with Crippen molar-refractivity contribution in [3.63, 3.8) is 0 Å². The van der Waals surface area contributed by atoms with Crippen molar-refractivity contribution in [1.82, 2.24) is 9.13 Å². The second-order valence-corrected chi connectivity index (χ2v) is 18.6. The summed E-state index contributed by atoms with van der Waals surface area (Å²) in [5, 5.41) is 34.0. The van der Waals surface area contributed by atoms with Crippen molar-refractivity contribution in [2.24, 2.45) is 0 Å². The Hall–Kier alpha value is -11.0. The molecule has 7 nitrogen and oxygen atoms in total. The number of hydrogen-bond acceptors (Lipinski definition) is 3. The molecule has 0 bridgehead atoms. The van der Waals surface area contributed by atoms with Gasteiger partial charge in [-0.2, -0.15) is 29.0 Å². The lowest BCUT2D eigenvalue weighted by Gasteiger charge is -2.23. The molecule has 12 rings (SSSR count). The number of benzene rings is 10. The van der Waals surface area contributed by atoms with Gasteiger partial charge in [0.1, 0.15) is 0 Å². The van der Waals surface area contributed by atoms with Crippen LogP contribution in [0.3, 0.4) is 0 Å². The number of fused-ring (bicyclic) bond motifs is 6. The van der Waals surface area contributed by atoms with Gasteiger partial charge in [0.15, 0.2) is 5.69 Å². The third-order valence-corrected chi connectivity index (χ3v) is 14.5. The highest BCUT2D eigenvalue weighted by Gasteiger charge is 2.36. The Balaban J connectivity index is 1.28. The summed E-state index contributed by atoms with van der Waals surface area (Å²) in [5.74, 6) is 0. The molecule has 0 unspecified atom stereocenters. The molecule has 0 aliphatic heterocycles. The van der Waals surface area contributed by atoms with Crippen LogP contribution in [0.5, 0.6) is 0 Å². The Kier molecular flexibility index (Phi) is 11.3. The van der Waals surface area contributed by atoms with Crippen LogP contribution in [0.2, 0.25) is 0 Å². The average molecular weight is 996 g/mol. The van der Waals surface area contributed by atoms with Crippen LogP contribution >= 0.6 is 0 Å². The summed E-state index contributed by atoms with van der Waals surface area (Å²) >= 11 is 0. The van der Waals surface area contributed by atoms with E-state index in [9.17, 15) is 22.4 Å². The smallest absolute Gasteiger partial charge is 0.319 e. The zero-order valence-electron chi connectivity index (χ0n) is 40.8. The van der Waals surface area contributed by atoms with Gasteiger partial charge in [0.2, 0.25) is 5.69 Å². The number of aromatic nitrogens is 2. The minimum absolute atomic E-state index is 0.0249. The molecule has 0 spiro atoms. The average Bonchev–Trinajstić information content (AvgIpc) is 4.20. The molecule has 10 heteroatoms. The molecule has 0 saturated carbocycles. The molecule has 0 aliphatic rings. The topological polar surface area (TPSA) is 90.0 Å². The second-order valence-electron chi connectivity index (χ2n) is 18.6. The second kappa shape index (κ2) is 18.5. The predicted octanol–water partition coefficient (Wildman–Crippen LogP) is 18.3. The molecule has 0 atom stereocenters. The van der Waals surface area contributed by atoms with E-state index in [2.05, 4.69) is 27.9 Å². The minimum Gasteiger partial charge on any atom is -0.319 e. The summed E-state index contributed by atoms with van der Waals surface area (Å²) in [6.45, 7) is 19.1. The molecular formula is C67H36F3N7. The van der Waals surface area contributed by atoms with E-state index >= 15 is 13.2 Å². The highest BCUT2D eigenvalue weighted by atomic mass is 19.4. The summed E-state index contributed by atoms with van der Waals surface area (Å²) in [6.07, 6.45) is -4.81. The molecule has 0 aliphatic carbocycles. The minimum atomic E-state index is -4.81. The first-order chi connectivity index (χ1) is 37.5. The maximum atomic E-state index is 15.7. The van der Waals surface area contributed by atoms with E-state index in [1.807, 2.05) is 137 Å². The molecule has 12 aromatic rings. The van der Waals surface area contributed by atoms with Crippen molar-refractivity contribution >= 4 is 55.0 Å². The highest BCUT2D eigenvalue weighted by Crippen LogP contribution is 2.50. The molecule has 0 fully saturated rings. The van der Waals surface area contributed by atoms with Gasteiger partial charge in [-0.1, -0.05) is 146 Å². The van der Waals surface area contributed by atoms with Crippen LogP contribution in [0.15, 0.2) is 200 Å². The molecular weight excluding hydrogens is 960 g/mol. The Labute approximate surface area is 440 Å². The van der Waals surface area contributed by atoms with Crippen LogP contribution < -0.4 is 0 Å². The van der Waals surface area contributed by atoms with Crippen molar-refractivity contribution in [3.8, 4) is 85.2 Å². The van der Waals surface area contributed by atoms with E-state index in [0.717, 1.165) is 38.7 Å². The van der Waals surface area contributed by atoms with Crippen LogP contribution in [-0.2, 0) is 6.18 Å². The zero-order valence-corrected chi connectivity index (χ0v) is 40.8. The predicted molar refractivity (Wildman–Crippen MR) is 299 cm³/mol. The van der Waals surface area contributed by atoms with Gasteiger partial charge in [-0.25, -0.2) is 9.69 Å². The van der Waals surface area contributed by atoms with E-state index in [-0.39, 0.29) is 22.5 Å². The lowest BCUT2D eigenvalue weighted by Crippen LogP contribution is -2.10. The summed E-state index contributed by atoms with van der Waals surface area (Å²) in [7, 11) is 0. The van der Waals surface area contributed by atoms with Crippen molar-refractivity contribution in [3.05, 3.63) is 251 Å². The first-order valence-corrected chi connectivity index (χ1v) is 24.4. The fourth-order valence-electron chi connectivity index (χ4n) is 11.1. The van der Waals surface area contributed by atoms with Crippen LogP contribution in [0.4, 0.5) is 24.5 Å². The van der Waals surface area contributed by atoms with Gasteiger partial charge in [-0.15, -0.1) is 0 Å². The number of nitrogens with zero attached hydrogens (tertiary/aromatic N) is 7. The van der Waals surface area contributed by atoms with Gasteiger partial charge in [0, 0.05) is 21.5 Å². The Morgan fingerprint density at radius 2 is 0.844 bits per heavy atom. The maximum Gasteiger partial charge on any atom is 0.417 e. The lowest BCUT2D eigenvalue weighted by atomic mass is 9.92. The normalized spacial score (nSPS) is 11.3. The number of nitriles is 3. The molecule has 2 aromatic heterocycles. The zero-order chi connectivity index (χ0) is 53.1. The van der Waals surface area contributed by atoms with Crippen LogP contribution in [0.25, 0.3) is 120 Å². The third kappa shape index (κ3) is 7.63. The fraction of sp³-hybridized carbons (Fsp3) is 0.0299. The summed E-state index contributed by atoms with van der Waals surface area (Å²) < 4.78 is 50.8. The number of para-hydroxylation sites is 1. The molecule has 10 aromatic carbocycles. The van der Waals surface area contributed by atoms with Crippen LogP contribution in [0.1, 0.15) is 27.8 Å². The van der Waals surface area contributed by atoms with Crippen LogP contribution in [0, 0.1) is 54.1 Å². The van der Waals surface area contributed by atoms with Crippen LogP contribution in [-0.4, -0.2) is 9.13 Å². The standard InChI is InChI=1S/C67H36F3N7/c1-40-13-12-21-57(67(68,69)70)64(40)56-31-32-59(76-60-33-41(48-17-7-4-14-45(48)37-71)23-27-52(60)53-30-26-44(36-61(53)76)51-20-10-11-22-58(51)74-2)65(75-3)66(56)77-62-34-42(49-18-8-5-15-46(49)38-72)24-28-54(62)55-29-25-43(35-63(55)77)50-19-9-6-16-47(50)39-73/h4-36H,1H3. The quantitative estimate of drug-likeness (QED) is 0.149. The molecule has 360 valence electrons. The largest absolute Gasteiger partial charge is 0.417 e. The highest BCUT2D eigenvalue weighted by molar-refractivity contribution is 6.15. The van der Waals surface area contributed by atoms with Gasteiger partial charge >= 0.3 is 6.18 Å². The fourth-order valence-corrected chi connectivity index (χ4v) is 11.1. The van der Waals surface area contributed by atoms with E-state index in [1.165, 1.54) is 6.07 Å². The Bertz CT molecular complexity index is 4480. The van der Waals surface area contributed by atoms with Crippen molar-refractivity contribution < 1.29 is 13.2 Å². The first-order valence-electron chi connectivity index (χ1n) is 24.4. The number of halogens is 3. The number of alkyl halides is 3. The van der Waals surface area contributed by atoms with Gasteiger partial charge in [0.05, 0.1) is 87.0 Å². The molecule has 0 radical (unpaired) electrons. The van der Waals surface area contributed by atoms with E-state index in [4.69, 9.17) is 6.57 Å². The maximum absolute atomic E-state index is 15.7. The molecule has 0 N–H and O–H groups in total.